The molecule has 0 atom stereocenters. The minimum atomic E-state index is -1.11. The molecular formula is C27H38O5. The number of benzene rings is 2. The van der Waals surface area contributed by atoms with Crippen molar-refractivity contribution in [3.05, 3.63) is 69.8 Å². The summed E-state index contributed by atoms with van der Waals surface area (Å²) in [6, 6.07) is 10.7. The van der Waals surface area contributed by atoms with Crippen molar-refractivity contribution in [2.45, 2.75) is 90.6 Å². The summed E-state index contributed by atoms with van der Waals surface area (Å²) in [7, 11) is 0. The molecule has 5 nitrogen and oxygen atoms in total. The van der Waals surface area contributed by atoms with Crippen molar-refractivity contribution in [3.63, 3.8) is 0 Å². The Morgan fingerprint density at radius 3 is 0.938 bits per heavy atom. The molecule has 176 valence electrons. The molecule has 0 bridgehead atoms. The summed E-state index contributed by atoms with van der Waals surface area (Å²) in [5, 5.41) is 41.9. The molecule has 0 saturated heterocycles. The number of hydrogen-bond donors (Lipinski definition) is 4. The first-order chi connectivity index (χ1) is 14.3. The minimum Gasteiger partial charge on any atom is -0.386 e. The fourth-order valence-electron chi connectivity index (χ4n) is 3.52. The highest BCUT2D eigenvalue weighted by atomic mass is 16.3. The zero-order chi connectivity index (χ0) is 24.7. The van der Waals surface area contributed by atoms with Crippen LogP contribution in [0, 0.1) is 0 Å². The van der Waals surface area contributed by atoms with E-state index in [2.05, 4.69) is 0 Å². The first-order valence-electron chi connectivity index (χ1n) is 11.0. The van der Waals surface area contributed by atoms with Crippen LogP contribution < -0.4 is 0 Å². The standard InChI is InChI=1S/C27H38O5/c1-24(2,29)19-9-17(10-20(15-19)25(3,4)30)13-23(28)14-18-11-21(26(5,6)31)16-22(12-18)27(7,8)32/h9-12,15-16,29-32H,13-14H2,1-8H3. The second kappa shape index (κ2) is 8.71. The lowest BCUT2D eigenvalue weighted by Crippen LogP contribution is -2.22. The molecule has 4 N–H and O–H groups in total. The van der Waals surface area contributed by atoms with E-state index < -0.39 is 22.4 Å². The second-order valence-electron chi connectivity index (χ2n) is 11.0. The van der Waals surface area contributed by atoms with Crippen molar-refractivity contribution >= 4 is 5.78 Å². The van der Waals surface area contributed by atoms with Gasteiger partial charge in [0.2, 0.25) is 0 Å². The first kappa shape index (κ1) is 26.2. The Labute approximate surface area is 191 Å². The summed E-state index contributed by atoms with van der Waals surface area (Å²) in [6.07, 6.45) is 0.273. The summed E-state index contributed by atoms with van der Waals surface area (Å²) in [6.45, 7) is 13.4. The van der Waals surface area contributed by atoms with Crippen molar-refractivity contribution in [2.24, 2.45) is 0 Å². The number of aliphatic hydroxyl groups is 4. The van der Waals surface area contributed by atoms with E-state index in [1.807, 2.05) is 0 Å². The average molecular weight is 443 g/mol. The van der Waals surface area contributed by atoms with Crippen LogP contribution in [-0.4, -0.2) is 26.2 Å². The van der Waals surface area contributed by atoms with Gasteiger partial charge in [-0.2, -0.15) is 0 Å². The predicted octanol–water partition coefficient (Wildman–Crippen LogP) is 3.95. The van der Waals surface area contributed by atoms with E-state index in [0.717, 1.165) is 0 Å². The van der Waals surface area contributed by atoms with E-state index in [0.29, 0.717) is 33.4 Å². The van der Waals surface area contributed by atoms with Gasteiger partial charge in [-0.25, -0.2) is 0 Å². The summed E-state index contributed by atoms with van der Waals surface area (Å²) in [4.78, 5) is 13.0. The van der Waals surface area contributed by atoms with Crippen molar-refractivity contribution in [3.8, 4) is 0 Å². The summed E-state index contributed by atoms with van der Waals surface area (Å²) in [5.41, 5.74) is -0.475. The monoisotopic (exact) mass is 442 g/mol. The number of Topliss-reactive ketones (excluding diaryl/α,β-unsaturated/α-hetero) is 1. The van der Waals surface area contributed by atoms with E-state index in [9.17, 15) is 25.2 Å². The van der Waals surface area contributed by atoms with Gasteiger partial charge in [-0.05, 0) is 88.8 Å². The largest absolute Gasteiger partial charge is 0.386 e. The van der Waals surface area contributed by atoms with E-state index in [4.69, 9.17) is 0 Å². The van der Waals surface area contributed by atoms with Gasteiger partial charge in [-0.1, -0.05) is 36.4 Å². The van der Waals surface area contributed by atoms with Gasteiger partial charge in [0.25, 0.3) is 0 Å². The number of carbonyl (C=O) groups is 1. The molecule has 2 aromatic carbocycles. The fraction of sp³-hybridized carbons (Fsp3) is 0.519. The molecule has 0 amide bonds. The molecule has 2 aromatic rings. The molecule has 0 saturated carbocycles. The zero-order valence-corrected chi connectivity index (χ0v) is 20.6. The number of carbonyl (C=O) groups excluding carboxylic acids is 1. The lowest BCUT2D eigenvalue weighted by molar-refractivity contribution is -0.117. The highest BCUT2D eigenvalue weighted by Gasteiger charge is 2.25. The molecule has 0 fully saturated rings. The molecule has 0 aliphatic heterocycles. The Kier molecular flexibility index (Phi) is 7.13. The number of rotatable bonds is 8. The third-order valence-corrected chi connectivity index (χ3v) is 5.61. The first-order valence-corrected chi connectivity index (χ1v) is 11.0. The Hall–Kier alpha value is -2.05. The maximum absolute atomic E-state index is 13.0. The third-order valence-electron chi connectivity index (χ3n) is 5.61. The van der Waals surface area contributed by atoms with Crippen molar-refractivity contribution in [2.75, 3.05) is 0 Å². The Bertz CT molecular complexity index is 833. The molecule has 2 rings (SSSR count). The van der Waals surface area contributed by atoms with E-state index in [1.54, 1.807) is 91.8 Å². The molecule has 0 radical (unpaired) electrons. The van der Waals surface area contributed by atoms with Crippen LogP contribution in [0.3, 0.4) is 0 Å². The van der Waals surface area contributed by atoms with Crippen LogP contribution in [0.5, 0.6) is 0 Å². The fourth-order valence-corrected chi connectivity index (χ4v) is 3.52. The van der Waals surface area contributed by atoms with Crippen LogP contribution in [0.15, 0.2) is 36.4 Å². The van der Waals surface area contributed by atoms with Gasteiger partial charge in [0.15, 0.2) is 0 Å². The summed E-state index contributed by atoms with van der Waals surface area (Å²) < 4.78 is 0. The van der Waals surface area contributed by atoms with Gasteiger partial charge in [0.1, 0.15) is 5.78 Å². The van der Waals surface area contributed by atoms with Gasteiger partial charge in [0.05, 0.1) is 22.4 Å². The Balaban J connectivity index is 2.39. The lowest BCUT2D eigenvalue weighted by atomic mass is 9.86. The van der Waals surface area contributed by atoms with Crippen LogP contribution >= 0.6 is 0 Å². The Morgan fingerprint density at radius 2 is 0.750 bits per heavy atom. The summed E-state index contributed by atoms with van der Waals surface area (Å²) in [5.74, 6) is -0.0471. The molecule has 0 aliphatic carbocycles. The molecule has 0 spiro atoms. The minimum absolute atomic E-state index is 0.0471. The molecular weight excluding hydrogens is 404 g/mol. The number of hydrogen-bond acceptors (Lipinski definition) is 5. The van der Waals surface area contributed by atoms with Crippen molar-refractivity contribution in [1.29, 1.82) is 0 Å². The normalized spacial score (nSPS) is 13.4. The molecule has 0 aromatic heterocycles. The van der Waals surface area contributed by atoms with Crippen LogP contribution in [0.4, 0.5) is 0 Å². The van der Waals surface area contributed by atoms with Crippen LogP contribution in [0.25, 0.3) is 0 Å². The highest BCUT2D eigenvalue weighted by Crippen LogP contribution is 2.30. The van der Waals surface area contributed by atoms with Crippen LogP contribution in [0.1, 0.15) is 88.8 Å². The summed E-state index contributed by atoms with van der Waals surface area (Å²) >= 11 is 0. The maximum Gasteiger partial charge on any atom is 0.141 e. The highest BCUT2D eigenvalue weighted by molar-refractivity contribution is 5.83. The average Bonchev–Trinajstić information content (AvgIpc) is 2.58. The number of ketones is 1. The maximum atomic E-state index is 13.0. The molecule has 0 heterocycles. The van der Waals surface area contributed by atoms with Gasteiger partial charge < -0.3 is 20.4 Å². The van der Waals surface area contributed by atoms with E-state index in [-0.39, 0.29) is 18.6 Å². The lowest BCUT2D eigenvalue weighted by Gasteiger charge is -2.25. The smallest absolute Gasteiger partial charge is 0.141 e. The SMILES string of the molecule is CC(C)(O)c1cc(CC(=O)Cc2cc(C(C)(C)O)cc(C(C)(C)O)c2)cc(C(C)(C)O)c1. The quantitative estimate of drug-likeness (QED) is 0.496. The topological polar surface area (TPSA) is 98.0 Å². The molecule has 0 aliphatic rings. The predicted molar refractivity (Wildman–Crippen MR) is 126 cm³/mol. The molecule has 5 heteroatoms. The second-order valence-corrected chi connectivity index (χ2v) is 11.0. The molecule has 32 heavy (non-hydrogen) atoms. The van der Waals surface area contributed by atoms with E-state index >= 15 is 0 Å². The third kappa shape index (κ3) is 6.97. The van der Waals surface area contributed by atoms with Gasteiger partial charge >= 0.3 is 0 Å². The zero-order valence-electron chi connectivity index (χ0n) is 20.6. The Morgan fingerprint density at radius 1 is 0.531 bits per heavy atom. The van der Waals surface area contributed by atoms with Crippen molar-refractivity contribution in [1.82, 2.24) is 0 Å². The van der Waals surface area contributed by atoms with Crippen LogP contribution in [-0.2, 0) is 40.0 Å². The van der Waals surface area contributed by atoms with Gasteiger partial charge in [-0.15, -0.1) is 0 Å². The van der Waals surface area contributed by atoms with E-state index in [1.165, 1.54) is 0 Å². The van der Waals surface area contributed by atoms with Crippen molar-refractivity contribution < 1.29 is 25.2 Å². The van der Waals surface area contributed by atoms with Gasteiger partial charge in [0, 0.05) is 12.8 Å². The molecule has 0 unspecified atom stereocenters. The van der Waals surface area contributed by atoms with Gasteiger partial charge in [-0.3, -0.25) is 4.79 Å². The van der Waals surface area contributed by atoms with Crippen LogP contribution in [0.2, 0.25) is 0 Å².